The van der Waals surface area contributed by atoms with Crippen LogP contribution in [0.5, 0.6) is 0 Å². The number of hydrogen-bond acceptors (Lipinski definition) is 10. The monoisotopic (exact) mass is 478 g/mol. The third-order valence-corrected chi connectivity index (χ3v) is 6.29. The molecular weight excluding hydrogens is 444 g/mol. The topological polar surface area (TPSA) is 113 Å². The average Bonchev–Trinajstić information content (AvgIpc) is 3.18. The molecule has 3 rings (SSSR count). The Labute approximate surface area is 199 Å². The summed E-state index contributed by atoms with van der Waals surface area (Å²) in [5, 5.41) is 13.2. The number of carboxylic acid groups (broad SMARTS) is 1. The number of nitrogens with one attached hydrogen (secondary N) is 1. The van der Waals surface area contributed by atoms with Crippen molar-refractivity contribution in [3.05, 3.63) is 22.5 Å². The zero-order chi connectivity index (χ0) is 24.0. The maximum atomic E-state index is 11.6. The van der Waals surface area contributed by atoms with Gasteiger partial charge in [0.25, 0.3) is 0 Å². The highest BCUT2D eigenvalue weighted by molar-refractivity contribution is 7.17. The Morgan fingerprint density at radius 3 is 2.52 bits per heavy atom. The summed E-state index contributed by atoms with van der Waals surface area (Å²) < 4.78 is 11.1. The van der Waals surface area contributed by atoms with Gasteiger partial charge in [-0.3, -0.25) is 4.90 Å². The molecule has 1 fully saturated rings. The van der Waals surface area contributed by atoms with Gasteiger partial charge in [-0.25, -0.2) is 19.7 Å². The van der Waals surface area contributed by atoms with E-state index in [2.05, 4.69) is 30.1 Å². The van der Waals surface area contributed by atoms with Crippen LogP contribution in [0.3, 0.4) is 0 Å². The van der Waals surface area contributed by atoms with Crippen LogP contribution in [0, 0.1) is 6.92 Å². The van der Waals surface area contributed by atoms with Crippen LogP contribution in [-0.4, -0.2) is 83.2 Å². The number of aromatic nitrogens is 3. The van der Waals surface area contributed by atoms with Gasteiger partial charge in [-0.15, -0.1) is 0 Å². The van der Waals surface area contributed by atoms with E-state index < -0.39 is 5.97 Å². The number of carbonyl (C=O) groups is 1. The van der Waals surface area contributed by atoms with Crippen molar-refractivity contribution in [2.75, 3.05) is 56.2 Å². The van der Waals surface area contributed by atoms with Crippen molar-refractivity contribution < 1.29 is 19.4 Å². The van der Waals surface area contributed by atoms with E-state index in [4.69, 9.17) is 9.47 Å². The van der Waals surface area contributed by atoms with E-state index in [1.54, 1.807) is 0 Å². The van der Waals surface area contributed by atoms with Crippen molar-refractivity contribution in [2.24, 2.45) is 0 Å². The minimum absolute atomic E-state index is 0.0228. The first-order chi connectivity index (χ1) is 15.8. The van der Waals surface area contributed by atoms with Crippen LogP contribution >= 0.6 is 11.3 Å². The number of aryl methyl sites for hydroxylation is 1. The summed E-state index contributed by atoms with van der Waals surface area (Å²) in [6, 6.07) is 1.90. The van der Waals surface area contributed by atoms with Gasteiger partial charge in [0.15, 0.2) is 11.4 Å². The summed E-state index contributed by atoms with van der Waals surface area (Å²) in [4.78, 5) is 30.0. The Morgan fingerprint density at radius 1 is 1.18 bits per heavy atom. The highest BCUT2D eigenvalue weighted by Crippen LogP contribution is 2.30. The van der Waals surface area contributed by atoms with Crippen molar-refractivity contribution in [1.29, 1.82) is 0 Å². The lowest BCUT2D eigenvalue weighted by molar-refractivity contribution is -0.129. The van der Waals surface area contributed by atoms with Crippen molar-refractivity contribution >= 4 is 34.1 Å². The number of thiazole rings is 1. The second-order valence-corrected chi connectivity index (χ2v) is 9.20. The number of aromatic carboxylic acids is 1. The predicted molar refractivity (Wildman–Crippen MR) is 129 cm³/mol. The molecule has 0 aromatic carbocycles. The summed E-state index contributed by atoms with van der Waals surface area (Å²) in [5.41, 5.74) is 0.580. The lowest BCUT2D eigenvalue weighted by atomic mass is 10.1. The SMILES string of the molecule is CCOC(C)OCCN1CCN(c2cc(Nc3nc(C(C)C)c(C(=O)O)s3)nc(C)n2)CC1. The van der Waals surface area contributed by atoms with Gasteiger partial charge in [0.05, 0.1) is 12.3 Å². The second-order valence-electron chi connectivity index (χ2n) is 8.20. The zero-order valence-corrected chi connectivity index (χ0v) is 20.8. The first-order valence-electron chi connectivity index (χ1n) is 11.3. The van der Waals surface area contributed by atoms with Crippen LogP contribution in [0.25, 0.3) is 0 Å². The fourth-order valence-corrected chi connectivity index (χ4v) is 4.61. The van der Waals surface area contributed by atoms with Gasteiger partial charge < -0.3 is 24.8 Å². The van der Waals surface area contributed by atoms with Gasteiger partial charge >= 0.3 is 5.97 Å². The van der Waals surface area contributed by atoms with Gasteiger partial charge in [-0.05, 0) is 26.7 Å². The molecule has 1 aliphatic heterocycles. The molecule has 0 spiro atoms. The highest BCUT2D eigenvalue weighted by atomic mass is 32.1. The predicted octanol–water partition coefficient (Wildman–Crippen LogP) is 3.33. The molecule has 0 radical (unpaired) electrons. The van der Waals surface area contributed by atoms with Gasteiger partial charge in [0, 0.05) is 45.4 Å². The summed E-state index contributed by atoms with van der Waals surface area (Å²) in [6.07, 6.45) is -0.174. The van der Waals surface area contributed by atoms with Crippen LogP contribution in [-0.2, 0) is 9.47 Å². The number of piperazine rings is 1. The van der Waals surface area contributed by atoms with Crippen LogP contribution in [0.2, 0.25) is 0 Å². The van der Waals surface area contributed by atoms with Crippen LogP contribution in [0.1, 0.15) is 54.8 Å². The van der Waals surface area contributed by atoms with Gasteiger partial charge in [0.2, 0.25) is 0 Å². The summed E-state index contributed by atoms with van der Waals surface area (Å²) in [5.74, 6) is 1.17. The molecule has 3 heterocycles. The lowest BCUT2D eigenvalue weighted by Crippen LogP contribution is -2.47. The lowest BCUT2D eigenvalue weighted by Gasteiger charge is -2.35. The number of nitrogens with zero attached hydrogens (tertiary/aromatic N) is 5. The molecule has 0 aliphatic carbocycles. The number of hydrogen-bond donors (Lipinski definition) is 2. The molecule has 1 aliphatic rings. The standard InChI is InChI=1S/C22H34N6O4S/c1-6-31-16(5)32-12-11-27-7-9-28(10-8-27)18-13-17(23-15(4)24-18)25-22-26-19(14(2)3)20(33-22)21(29)30/h13-14,16H,6-12H2,1-5H3,(H,29,30)(H,23,24,25,26). The maximum absolute atomic E-state index is 11.6. The molecule has 1 saturated heterocycles. The van der Waals surface area contributed by atoms with E-state index in [0.717, 1.165) is 49.9 Å². The molecule has 10 nitrogen and oxygen atoms in total. The van der Waals surface area contributed by atoms with Crippen molar-refractivity contribution in [3.63, 3.8) is 0 Å². The fraction of sp³-hybridized carbons (Fsp3) is 0.636. The Bertz CT molecular complexity index is 930. The smallest absolute Gasteiger partial charge is 0.347 e. The highest BCUT2D eigenvalue weighted by Gasteiger charge is 2.22. The van der Waals surface area contributed by atoms with E-state index in [1.165, 1.54) is 0 Å². The average molecular weight is 479 g/mol. The third-order valence-electron chi connectivity index (χ3n) is 5.31. The Hall–Kier alpha value is -2.34. The van der Waals surface area contributed by atoms with Gasteiger partial charge in [-0.2, -0.15) is 0 Å². The molecule has 11 heteroatoms. The molecule has 0 saturated carbocycles. The first-order valence-corrected chi connectivity index (χ1v) is 12.2. The maximum Gasteiger partial charge on any atom is 0.347 e. The fourth-order valence-electron chi connectivity index (χ4n) is 3.65. The van der Waals surface area contributed by atoms with Crippen molar-refractivity contribution in [2.45, 2.75) is 46.8 Å². The molecule has 0 amide bonds. The Morgan fingerprint density at radius 2 is 1.91 bits per heavy atom. The molecule has 2 aromatic rings. The number of ether oxygens (including phenoxy) is 2. The minimum Gasteiger partial charge on any atom is -0.477 e. The molecule has 1 atom stereocenters. The van der Waals surface area contributed by atoms with E-state index >= 15 is 0 Å². The molecule has 2 N–H and O–H groups in total. The zero-order valence-electron chi connectivity index (χ0n) is 20.0. The largest absolute Gasteiger partial charge is 0.477 e. The molecule has 2 aromatic heterocycles. The summed E-state index contributed by atoms with van der Waals surface area (Å²) >= 11 is 1.13. The Kier molecular flexibility index (Phi) is 8.95. The molecule has 33 heavy (non-hydrogen) atoms. The molecular formula is C22H34N6O4S. The second kappa shape index (κ2) is 11.7. The van der Waals surface area contributed by atoms with Crippen LogP contribution in [0.15, 0.2) is 6.07 Å². The Balaban J connectivity index is 1.60. The molecule has 0 bridgehead atoms. The molecule has 182 valence electrons. The normalized spacial score (nSPS) is 15.8. The van der Waals surface area contributed by atoms with Crippen LogP contribution < -0.4 is 10.2 Å². The molecule has 1 unspecified atom stereocenters. The first kappa shape index (κ1) is 25.3. The van der Waals surface area contributed by atoms with E-state index in [1.807, 2.05) is 40.7 Å². The minimum atomic E-state index is -0.959. The van der Waals surface area contributed by atoms with Crippen LogP contribution in [0.4, 0.5) is 16.8 Å². The van der Waals surface area contributed by atoms with E-state index in [-0.39, 0.29) is 17.1 Å². The van der Waals surface area contributed by atoms with Crippen molar-refractivity contribution in [1.82, 2.24) is 19.9 Å². The van der Waals surface area contributed by atoms with E-state index in [0.29, 0.717) is 35.7 Å². The van der Waals surface area contributed by atoms with Gasteiger partial charge in [0.1, 0.15) is 22.3 Å². The number of carboxylic acids is 1. The summed E-state index contributed by atoms with van der Waals surface area (Å²) in [6.45, 7) is 15.3. The quantitative estimate of drug-likeness (QED) is 0.466. The van der Waals surface area contributed by atoms with E-state index in [9.17, 15) is 9.90 Å². The van der Waals surface area contributed by atoms with Crippen molar-refractivity contribution in [3.8, 4) is 0 Å². The number of anilines is 3. The third kappa shape index (κ3) is 7.07. The van der Waals surface area contributed by atoms with Gasteiger partial charge in [-0.1, -0.05) is 25.2 Å². The number of rotatable bonds is 11. The summed E-state index contributed by atoms with van der Waals surface area (Å²) in [7, 11) is 0.